The minimum absolute atomic E-state index is 1.20. The summed E-state index contributed by atoms with van der Waals surface area (Å²) in [6.45, 7) is 0. The Labute approximate surface area is 180 Å². The van der Waals surface area contributed by atoms with E-state index in [0.29, 0.717) is 0 Å². The molecule has 1 heteroatoms. The van der Waals surface area contributed by atoms with Crippen LogP contribution >= 0.6 is 0 Å². The lowest BCUT2D eigenvalue weighted by Crippen LogP contribution is -1.88. The summed E-state index contributed by atoms with van der Waals surface area (Å²) in [4.78, 5) is 3.70. The number of para-hydroxylation sites is 1. The fourth-order valence-electron chi connectivity index (χ4n) is 5.25. The molecule has 1 aromatic heterocycles. The zero-order valence-corrected chi connectivity index (χ0v) is 16.9. The average Bonchev–Trinajstić information content (AvgIpc) is 3.37. The standard InChI is InChI=1S/C30H19N/c1-3-9-19(10-4-1)21-15-17-24-28-25(30-29(24)23-13-7-8-14-26(23)31-30)18-16-22(27(21)28)20-11-5-2-6-12-20/h1-18,31H. The van der Waals surface area contributed by atoms with E-state index in [1.807, 2.05) is 0 Å². The van der Waals surface area contributed by atoms with Crippen LogP contribution in [-0.4, -0.2) is 4.98 Å². The highest BCUT2D eigenvalue weighted by molar-refractivity contribution is 6.26. The fraction of sp³-hybridized carbons (Fsp3) is 0. The Kier molecular flexibility index (Phi) is 3.33. The van der Waals surface area contributed by atoms with Gasteiger partial charge in [0.2, 0.25) is 0 Å². The summed E-state index contributed by atoms with van der Waals surface area (Å²) >= 11 is 0. The lowest BCUT2D eigenvalue weighted by molar-refractivity contribution is 1.48. The van der Waals surface area contributed by atoms with Crippen molar-refractivity contribution in [3.05, 3.63) is 109 Å². The Hall–Kier alpha value is -4.10. The van der Waals surface area contributed by atoms with Crippen molar-refractivity contribution in [2.75, 3.05) is 0 Å². The van der Waals surface area contributed by atoms with Gasteiger partial charge in [-0.2, -0.15) is 0 Å². The van der Waals surface area contributed by atoms with Crippen molar-refractivity contribution in [2.24, 2.45) is 0 Å². The van der Waals surface area contributed by atoms with Crippen LogP contribution in [0.5, 0.6) is 0 Å². The molecule has 0 unspecified atom stereocenters. The first-order valence-electron chi connectivity index (χ1n) is 10.7. The van der Waals surface area contributed by atoms with E-state index in [4.69, 9.17) is 0 Å². The Morgan fingerprint density at radius 2 is 0.935 bits per heavy atom. The maximum absolute atomic E-state index is 3.70. The van der Waals surface area contributed by atoms with Crippen LogP contribution in [0.15, 0.2) is 109 Å². The molecule has 0 radical (unpaired) electrons. The van der Waals surface area contributed by atoms with Crippen LogP contribution in [0.3, 0.4) is 0 Å². The zero-order valence-electron chi connectivity index (χ0n) is 16.9. The second-order valence-electron chi connectivity index (χ2n) is 8.22. The van der Waals surface area contributed by atoms with Gasteiger partial charge in [-0.15, -0.1) is 0 Å². The minimum Gasteiger partial charge on any atom is -0.354 e. The largest absolute Gasteiger partial charge is 0.354 e. The van der Waals surface area contributed by atoms with Crippen LogP contribution in [0.1, 0.15) is 0 Å². The molecule has 0 atom stereocenters. The van der Waals surface area contributed by atoms with Crippen LogP contribution in [0.25, 0.3) is 66.3 Å². The summed E-state index contributed by atoms with van der Waals surface area (Å²) in [6.07, 6.45) is 0. The molecule has 1 aliphatic carbocycles. The molecule has 0 aliphatic heterocycles. The van der Waals surface area contributed by atoms with Crippen molar-refractivity contribution in [1.82, 2.24) is 4.98 Å². The van der Waals surface area contributed by atoms with E-state index in [-0.39, 0.29) is 0 Å². The third-order valence-corrected chi connectivity index (χ3v) is 6.58. The molecule has 0 fully saturated rings. The molecule has 7 rings (SSSR count). The van der Waals surface area contributed by atoms with Gasteiger partial charge >= 0.3 is 0 Å². The number of benzene rings is 5. The first-order chi connectivity index (χ1) is 15.4. The molecule has 5 aromatic carbocycles. The molecule has 1 N–H and O–H groups in total. The summed E-state index contributed by atoms with van der Waals surface area (Å²) < 4.78 is 0. The van der Waals surface area contributed by atoms with Crippen molar-refractivity contribution in [3.63, 3.8) is 0 Å². The maximum Gasteiger partial charge on any atom is 0.0551 e. The average molecular weight is 393 g/mol. The molecule has 0 amide bonds. The molecule has 0 bridgehead atoms. The molecule has 0 saturated carbocycles. The van der Waals surface area contributed by atoms with Gasteiger partial charge in [0.1, 0.15) is 0 Å². The highest BCUT2D eigenvalue weighted by Gasteiger charge is 2.28. The van der Waals surface area contributed by atoms with Gasteiger partial charge in [-0.05, 0) is 39.3 Å². The molecule has 144 valence electrons. The van der Waals surface area contributed by atoms with Gasteiger partial charge in [-0.1, -0.05) is 103 Å². The Balaban J connectivity index is 1.65. The normalized spacial score (nSPS) is 11.9. The first-order valence-corrected chi connectivity index (χ1v) is 10.7. The predicted octanol–water partition coefficient (Wildman–Crippen LogP) is 8.30. The van der Waals surface area contributed by atoms with Crippen LogP contribution in [-0.2, 0) is 0 Å². The third-order valence-electron chi connectivity index (χ3n) is 6.58. The summed E-state index contributed by atoms with van der Waals surface area (Å²) in [5.41, 5.74) is 11.5. The van der Waals surface area contributed by atoms with Crippen molar-refractivity contribution in [2.45, 2.75) is 0 Å². The van der Waals surface area contributed by atoms with E-state index < -0.39 is 0 Å². The third kappa shape index (κ3) is 2.26. The lowest BCUT2D eigenvalue weighted by atomic mass is 9.88. The van der Waals surface area contributed by atoms with Crippen molar-refractivity contribution in [1.29, 1.82) is 0 Å². The van der Waals surface area contributed by atoms with Crippen LogP contribution in [0.4, 0.5) is 0 Å². The number of rotatable bonds is 2. The van der Waals surface area contributed by atoms with Crippen molar-refractivity contribution < 1.29 is 0 Å². The maximum atomic E-state index is 3.70. The van der Waals surface area contributed by atoms with Crippen molar-refractivity contribution in [3.8, 4) is 44.6 Å². The number of fused-ring (bicyclic) bond motifs is 5. The number of hydrogen-bond acceptors (Lipinski definition) is 0. The number of hydrogen-bond donors (Lipinski definition) is 1. The summed E-state index contributed by atoms with van der Waals surface area (Å²) in [6, 6.07) is 39.3. The Bertz CT molecular complexity index is 1560. The Morgan fingerprint density at radius 1 is 0.419 bits per heavy atom. The molecule has 0 spiro atoms. The molecule has 1 aliphatic rings. The van der Waals surface area contributed by atoms with Gasteiger partial charge in [0.15, 0.2) is 0 Å². The Morgan fingerprint density at radius 3 is 1.61 bits per heavy atom. The second-order valence-corrected chi connectivity index (χ2v) is 8.22. The highest BCUT2D eigenvalue weighted by Crippen LogP contribution is 2.53. The number of nitrogens with one attached hydrogen (secondary N) is 1. The summed E-state index contributed by atoms with van der Waals surface area (Å²) in [7, 11) is 0. The van der Waals surface area contributed by atoms with E-state index in [0.717, 1.165) is 0 Å². The van der Waals surface area contributed by atoms with Gasteiger partial charge in [0.25, 0.3) is 0 Å². The SMILES string of the molecule is c1ccc(-c2ccc3c4c(ccc(-c5ccccc5)c24)-c2c-3[nH]c3ccccc23)cc1. The number of aromatic amines is 1. The topological polar surface area (TPSA) is 15.8 Å². The summed E-state index contributed by atoms with van der Waals surface area (Å²) in [5, 5.41) is 3.99. The molecule has 31 heavy (non-hydrogen) atoms. The lowest BCUT2D eigenvalue weighted by Gasteiger charge is -2.15. The summed E-state index contributed by atoms with van der Waals surface area (Å²) in [5.74, 6) is 0. The molecular formula is C30H19N. The van der Waals surface area contributed by atoms with Gasteiger partial charge in [0.05, 0.1) is 5.69 Å². The monoisotopic (exact) mass is 393 g/mol. The second kappa shape index (κ2) is 6.20. The van der Waals surface area contributed by atoms with Crippen molar-refractivity contribution >= 4 is 21.7 Å². The van der Waals surface area contributed by atoms with Crippen LogP contribution < -0.4 is 0 Å². The van der Waals surface area contributed by atoms with Crippen LogP contribution in [0, 0.1) is 0 Å². The van der Waals surface area contributed by atoms with E-state index in [1.54, 1.807) is 0 Å². The van der Waals surface area contributed by atoms with Crippen LogP contribution in [0.2, 0.25) is 0 Å². The number of aromatic nitrogens is 1. The fourth-order valence-corrected chi connectivity index (χ4v) is 5.25. The molecule has 6 aromatic rings. The number of H-pyrrole nitrogens is 1. The predicted molar refractivity (Wildman–Crippen MR) is 131 cm³/mol. The van der Waals surface area contributed by atoms with Gasteiger partial charge in [-0.3, -0.25) is 0 Å². The molecular weight excluding hydrogens is 374 g/mol. The van der Waals surface area contributed by atoms with E-state index in [1.165, 1.54) is 66.3 Å². The van der Waals surface area contributed by atoms with E-state index in [2.05, 4.69) is 114 Å². The van der Waals surface area contributed by atoms with Gasteiger partial charge in [0, 0.05) is 27.4 Å². The van der Waals surface area contributed by atoms with E-state index in [9.17, 15) is 0 Å². The molecule has 1 heterocycles. The smallest absolute Gasteiger partial charge is 0.0551 e. The molecule has 0 saturated heterocycles. The van der Waals surface area contributed by atoms with Gasteiger partial charge < -0.3 is 4.98 Å². The quantitative estimate of drug-likeness (QED) is 0.304. The zero-order chi connectivity index (χ0) is 20.4. The molecule has 1 nitrogen and oxygen atoms in total. The minimum atomic E-state index is 1.20. The van der Waals surface area contributed by atoms with E-state index >= 15 is 0 Å². The highest BCUT2D eigenvalue weighted by atomic mass is 14.7. The van der Waals surface area contributed by atoms with Gasteiger partial charge in [-0.25, -0.2) is 0 Å². The first kappa shape index (κ1) is 16.7.